The number of amides is 3. The number of fused-ring (bicyclic) bond motifs is 4. The van der Waals surface area contributed by atoms with E-state index < -0.39 is 11.9 Å². The molecule has 7 nitrogen and oxygen atoms in total. The van der Waals surface area contributed by atoms with E-state index in [1.807, 2.05) is 12.1 Å². The van der Waals surface area contributed by atoms with E-state index in [4.69, 9.17) is 16.3 Å². The standard InChI is InChI=1S/C26H25ClFN3O4/c27-16-2-1-15(20(28)11-16)12-30-9-7-26(8-10-30)14-35-23-18-13-31(21-5-6-22(32)29-24(21)33)25(34)17(18)3-4-19(23)26/h1-4,11,21H,5-10,12-14H2,(H,29,32,33). The lowest BCUT2D eigenvalue weighted by Crippen LogP contribution is -2.52. The molecule has 1 spiro atoms. The summed E-state index contributed by atoms with van der Waals surface area (Å²) in [5.74, 6) is -0.426. The topological polar surface area (TPSA) is 79.0 Å². The highest BCUT2D eigenvalue weighted by molar-refractivity contribution is 6.30. The molecule has 0 saturated carbocycles. The average Bonchev–Trinajstić information content (AvgIpc) is 3.35. The van der Waals surface area contributed by atoms with Crippen LogP contribution in [0.2, 0.25) is 5.02 Å². The first-order valence-corrected chi connectivity index (χ1v) is 12.3. The van der Waals surface area contributed by atoms with Gasteiger partial charge in [0.2, 0.25) is 11.8 Å². The molecule has 182 valence electrons. The first kappa shape index (κ1) is 22.5. The molecule has 4 heterocycles. The van der Waals surface area contributed by atoms with Crippen molar-refractivity contribution in [3.8, 4) is 5.75 Å². The van der Waals surface area contributed by atoms with Crippen LogP contribution in [-0.2, 0) is 28.1 Å². The molecule has 2 fully saturated rings. The van der Waals surface area contributed by atoms with Crippen molar-refractivity contribution in [3.05, 3.63) is 63.4 Å². The van der Waals surface area contributed by atoms with Crippen LogP contribution in [0.5, 0.6) is 5.75 Å². The monoisotopic (exact) mass is 497 g/mol. The third-order valence-corrected chi connectivity index (χ3v) is 8.19. The molecule has 35 heavy (non-hydrogen) atoms. The number of hydrogen-bond acceptors (Lipinski definition) is 5. The maximum absolute atomic E-state index is 14.3. The Morgan fingerprint density at radius 3 is 2.69 bits per heavy atom. The normalized spacial score (nSPS) is 23.3. The van der Waals surface area contributed by atoms with Crippen LogP contribution in [0, 0.1) is 5.82 Å². The van der Waals surface area contributed by atoms with Crippen LogP contribution in [0.15, 0.2) is 30.3 Å². The fraction of sp³-hybridized carbons (Fsp3) is 0.423. The van der Waals surface area contributed by atoms with Crippen molar-refractivity contribution in [1.82, 2.24) is 15.1 Å². The van der Waals surface area contributed by atoms with Gasteiger partial charge in [-0.1, -0.05) is 23.7 Å². The van der Waals surface area contributed by atoms with Crippen LogP contribution in [0.1, 0.15) is 52.7 Å². The number of carbonyl (C=O) groups is 3. The third-order valence-electron chi connectivity index (χ3n) is 7.95. The second-order valence-electron chi connectivity index (χ2n) is 9.95. The molecule has 2 aromatic rings. The van der Waals surface area contributed by atoms with Crippen molar-refractivity contribution >= 4 is 29.3 Å². The Hall–Kier alpha value is -2.97. The zero-order valence-electron chi connectivity index (χ0n) is 19.1. The summed E-state index contributed by atoms with van der Waals surface area (Å²) >= 11 is 5.88. The summed E-state index contributed by atoms with van der Waals surface area (Å²) in [6.45, 7) is 3.01. The Bertz CT molecular complexity index is 1260. The van der Waals surface area contributed by atoms with Gasteiger partial charge >= 0.3 is 0 Å². The van der Waals surface area contributed by atoms with Crippen LogP contribution in [-0.4, -0.2) is 53.3 Å². The second-order valence-corrected chi connectivity index (χ2v) is 10.4. The van der Waals surface area contributed by atoms with Gasteiger partial charge in [-0.3, -0.25) is 24.6 Å². The summed E-state index contributed by atoms with van der Waals surface area (Å²) in [6, 6.07) is 8.02. The van der Waals surface area contributed by atoms with E-state index in [2.05, 4.69) is 10.2 Å². The molecule has 0 radical (unpaired) electrons. The summed E-state index contributed by atoms with van der Waals surface area (Å²) in [5, 5.41) is 2.74. The molecule has 0 aliphatic carbocycles. The number of imide groups is 1. The van der Waals surface area contributed by atoms with Crippen molar-refractivity contribution in [2.24, 2.45) is 0 Å². The molecular formula is C26H25ClFN3O4. The van der Waals surface area contributed by atoms with Crippen LogP contribution in [0.3, 0.4) is 0 Å². The van der Waals surface area contributed by atoms with Crippen molar-refractivity contribution in [3.63, 3.8) is 0 Å². The summed E-state index contributed by atoms with van der Waals surface area (Å²) in [4.78, 5) is 40.8. The van der Waals surface area contributed by atoms with E-state index in [0.717, 1.165) is 42.8 Å². The lowest BCUT2D eigenvalue weighted by atomic mass is 9.74. The maximum Gasteiger partial charge on any atom is 0.255 e. The highest BCUT2D eigenvalue weighted by atomic mass is 35.5. The van der Waals surface area contributed by atoms with Gasteiger partial charge in [0.15, 0.2) is 0 Å². The minimum Gasteiger partial charge on any atom is -0.492 e. The summed E-state index contributed by atoms with van der Waals surface area (Å²) in [7, 11) is 0. The van der Waals surface area contributed by atoms with E-state index in [-0.39, 0.29) is 29.5 Å². The fourth-order valence-corrected chi connectivity index (χ4v) is 6.09. The van der Waals surface area contributed by atoms with Crippen molar-refractivity contribution in [2.45, 2.75) is 50.2 Å². The fourth-order valence-electron chi connectivity index (χ4n) is 5.93. The van der Waals surface area contributed by atoms with Gasteiger partial charge in [-0.2, -0.15) is 0 Å². The predicted octanol–water partition coefficient (Wildman–Crippen LogP) is 3.17. The van der Waals surface area contributed by atoms with Gasteiger partial charge in [-0.15, -0.1) is 0 Å². The van der Waals surface area contributed by atoms with Gasteiger partial charge in [0.05, 0.1) is 13.2 Å². The van der Waals surface area contributed by atoms with Crippen molar-refractivity contribution in [2.75, 3.05) is 19.7 Å². The predicted molar refractivity (Wildman–Crippen MR) is 126 cm³/mol. The molecule has 0 bridgehead atoms. The maximum atomic E-state index is 14.3. The van der Waals surface area contributed by atoms with E-state index in [0.29, 0.717) is 42.3 Å². The number of hydrogen-bond donors (Lipinski definition) is 1. The minimum absolute atomic E-state index is 0.134. The number of piperidine rings is 2. The SMILES string of the molecule is O=C1CCC(N2Cc3c(ccc4c3OCC43CCN(Cc4ccc(Cl)cc4F)CC3)C2=O)C(=O)N1. The Balaban J connectivity index is 1.19. The average molecular weight is 498 g/mol. The van der Waals surface area contributed by atoms with Gasteiger partial charge in [0.25, 0.3) is 5.91 Å². The summed E-state index contributed by atoms with van der Waals surface area (Å²) in [5.41, 5.74) is 3.02. The van der Waals surface area contributed by atoms with Gasteiger partial charge in [0.1, 0.15) is 17.6 Å². The van der Waals surface area contributed by atoms with E-state index >= 15 is 0 Å². The largest absolute Gasteiger partial charge is 0.492 e. The molecule has 4 aliphatic heterocycles. The lowest BCUT2D eigenvalue weighted by Gasteiger charge is -2.38. The quantitative estimate of drug-likeness (QED) is 0.659. The van der Waals surface area contributed by atoms with Crippen LogP contribution < -0.4 is 10.1 Å². The number of nitrogens with one attached hydrogen (secondary N) is 1. The number of rotatable bonds is 3. The Labute approximate surface area is 207 Å². The zero-order valence-corrected chi connectivity index (χ0v) is 19.9. The first-order valence-electron chi connectivity index (χ1n) is 11.9. The lowest BCUT2D eigenvalue weighted by molar-refractivity contribution is -0.136. The molecule has 2 aromatic carbocycles. The Morgan fingerprint density at radius 2 is 1.94 bits per heavy atom. The first-order chi connectivity index (χ1) is 16.8. The highest BCUT2D eigenvalue weighted by Gasteiger charge is 2.47. The number of carbonyl (C=O) groups excluding carboxylic acids is 3. The van der Waals surface area contributed by atoms with E-state index in [9.17, 15) is 18.8 Å². The third kappa shape index (κ3) is 3.70. The molecule has 0 aromatic heterocycles. The Kier molecular flexibility index (Phi) is 5.34. The van der Waals surface area contributed by atoms with E-state index in [1.165, 1.54) is 6.07 Å². The van der Waals surface area contributed by atoms with Crippen LogP contribution >= 0.6 is 11.6 Å². The number of halogens is 2. The van der Waals surface area contributed by atoms with Gasteiger partial charge in [-0.25, -0.2) is 4.39 Å². The number of nitrogens with zero attached hydrogens (tertiary/aromatic N) is 2. The smallest absolute Gasteiger partial charge is 0.255 e. The van der Waals surface area contributed by atoms with Crippen molar-refractivity contribution in [1.29, 1.82) is 0 Å². The minimum atomic E-state index is -0.643. The molecule has 9 heteroatoms. The zero-order chi connectivity index (χ0) is 24.3. The van der Waals surface area contributed by atoms with Gasteiger partial charge < -0.3 is 9.64 Å². The van der Waals surface area contributed by atoms with Gasteiger partial charge in [-0.05, 0) is 50.6 Å². The molecule has 6 rings (SSSR count). The van der Waals surface area contributed by atoms with Crippen LogP contribution in [0.4, 0.5) is 4.39 Å². The molecule has 3 amide bonds. The molecule has 1 atom stereocenters. The second kappa shape index (κ2) is 8.31. The van der Waals surface area contributed by atoms with Crippen molar-refractivity contribution < 1.29 is 23.5 Å². The molecule has 4 aliphatic rings. The number of ether oxygens (including phenoxy) is 1. The molecule has 2 saturated heterocycles. The van der Waals surface area contributed by atoms with Gasteiger partial charge in [0, 0.05) is 45.7 Å². The highest BCUT2D eigenvalue weighted by Crippen LogP contribution is 2.49. The summed E-state index contributed by atoms with van der Waals surface area (Å²) < 4.78 is 20.5. The molecule has 1 N–H and O–H groups in total. The summed E-state index contributed by atoms with van der Waals surface area (Å²) in [6.07, 6.45) is 2.31. The van der Waals surface area contributed by atoms with Crippen LogP contribution in [0.25, 0.3) is 0 Å². The van der Waals surface area contributed by atoms with E-state index in [1.54, 1.807) is 17.0 Å². The molecule has 1 unspecified atom stereocenters. The number of likely N-dealkylation sites (tertiary alicyclic amines) is 1. The molecular weight excluding hydrogens is 473 g/mol. The number of benzene rings is 2. The Morgan fingerprint density at radius 1 is 1.14 bits per heavy atom.